The number of amidine groups is 2. The molecule has 0 radical (unpaired) electrons. The van der Waals surface area contributed by atoms with Crippen LogP contribution in [-0.2, 0) is 6.42 Å². The highest BCUT2D eigenvalue weighted by Crippen LogP contribution is 1.99. The fraction of sp³-hybridized carbons (Fsp3) is 0.400. The van der Waals surface area contributed by atoms with Gasteiger partial charge in [-0.25, -0.2) is 9.98 Å². The van der Waals surface area contributed by atoms with Crippen LogP contribution in [0.4, 0.5) is 0 Å². The van der Waals surface area contributed by atoms with E-state index in [1.165, 1.54) is 0 Å². The quantitative estimate of drug-likeness (QED) is 0.573. The number of hydrogen-bond acceptors (Lipinski definition) is 3. The zero-order valence-corrected chi connectivity index (χ0v) is 9.23. The first kappa shape index (κ1) is 11.3. The minimum absolute atomic E-state index is 0.456. The molecule has 5 nitrogen and oxygen atoms in total. The number of nitrogens with two attached hydrogens (primary N) is 1. The van der Waals surface area contributed by atoms with Crippen molar-refractivity contribution >= 4 is 11.7 Å². The largest absolute Gasteiger partial charge is 0.387 e. The summed E-state index contributed by atoms with van der Waals surface area (Å²) in [7, 11) is 1.65. The van der Waals surface area contributed by atoms with Crippen molar-refractivity contribution in [1.29, 1.82) is 0 Å². The monoisotopic (exact) mass is 205 g/mol. The van der Waals surface area contributed by atoms with E-state index >= 15 is 0 Å². The van der Waals surface area contributed by atoms with Crippen molar-refractivity contribution < 1.29 is 0 Å². The molecule has 0 aliphatic rings. The maximum Gasteiger partial charge on any atom is 0.176 e. The lowest BCUT2D eigenvalue weighted by atomic mass is 10.3. The fourth-order valence-corrected chi connectivity index (χ4v) is 1.04. The van der Waals surface area contributed by atoms with Crippen LogP contribution < -0.4 is 5.73 Å². The second-order valence-corrected chi connectivity index (χ2v) is 3.05. The highest BCUT2D eigenvalue weighted by atomic mass is 15.0. The first-order valence-electron chi connectivity index (χ1n) is 4.76. The van der Waals surface area contributed by atoms with Crippen molar-refractivity contribution in [3.8, 4) is 0 Å². The molecule has 2 N–H and O–H groups in total. The Bertz CT molecular complexity index is 373. The molecule has 0 saturated heterocycles. The highest BCUT2D eigenvalue weighted by molar-refractivity contribution is 6.04. The minimum Gasteiger partial charge on any atom is -0.387 e. The molecule has 0 bridgehead atoms. The van der Waals surface area contributed by atoms with Gasteiger partial charge in [-0.1, -0.05) is 6.92 Å². The van der Waals surface area contributed by atoms with Gasteiger partial charge in [-0.15, -0.1) is 0 Å². The van der Waals surface area contributed by atoms with Crippen molar-refractivity contribution in [3.05, 3.63) is 23.8 Å². The lowest BCUT2D eigenvalue weighted by Gasteiger charge is -2.00. The van der Waals surface area contributed by atoms with Crippen molar-refractivity contribution in [3.63, 3.8) is 0 Å². The molecule has 0 fully saturated rings. The first-order chi connectivity index (χ1) is 7.17. The molecule has 5 heteroatoms. The maximum absolute atomic E-state index is 5.48. The molecular formula is C10H15N5. The summed E-state index contributed by atoms with van der Waals surface area (Å²) in [6.07, 6.45) is 4.25. The van der Waals surface area contributed by atoms with Gasteiger partial charge in [0.05, 0.1) is 17.7 Å². The highest BCUT2D eigenvalue weighted by Gasteiger charge is 2.03. The van der Waals surface area contributed by atoms with E-state index in [0.717, 1.165) is 12.1 Å². The van der Waals surface area contributed by atoms with Gasteiger partial charge < -0.3 is 5.73 Å². The number of nitrogens with zero attached hydrogens (tertiary/aromatic N) is 4. The van der Waals surface area contributed by atoms with Crippen LogP contribution in [0.15, 0.2) is 22.4 Å². The van der Waals surface area contributed by atoms with Gasteiger partial charge in [-0.2, -0.15) is 0 Å². The van der Waals surface area contributed by atoms with Crippen molar-refractivity contribution in [2.75, 3.05) is 7.05 Å². The van der Waals surface area contributed by atoms with Crippen LogP contribution in [0.1, 0.15) is 25.2 Å². The van der Waals surface area contributed by atoms with Crippen LogP contribution in [0.25, 0.3) is 0 Å². The molecule has 0 amide bonds. The van der Waals surface area contributed by atoms with Crippen molar-refractivity contribution in [2.24, 2.45) is 15.7 Å². The van der Waals surface area contributed by atoms with E-state index < -0.39 is 0 Å². The molecule has 80 valence electrons. The third-order valence-corrected chi connectivity index (χ3v) is 1.79. The fourth-order valence-electron chi connectivity index (χ4n) is 1.04. The summed E-state index contributed by atoms with van der Waals surface area (Å²) in [5, 5.41) is 0. The third kappa shape index (κ3) is 3.12. The SMILES string of the molecule is CCc1cnc(C(=N/C)/N=C(\C)N)cn1. The summed E-state index contributed by atoms with van der Waals surface area (Å²) in [6.45, 7) is 3.74. The Labute approximate surface area is 89.2 Å². The van der Waals surface area contributed by atoms with Crippen molar-refractivity contribution in [2.45, 2.75) is 20.3 Å². The van der Waals surface area contributed by atoms with E-state index in [2.05, 4.69) is 20.0 Å². The summed E-state index contributed by atoms with van der Waals surface area (Å²) in [4.78, 5) is 16.5. The number of rotatable bonds is 2. The predicted molar refractivity (Wildman–Crippen MR) is 61.2 cm³/mol. The van der Waals surface area contributed by atoms with Gasteiger partial charge in [-0.3, -0.25) is 9.98 Å². The van der Waals surface area contributed by atoms with Gasteiger partial charge in [0.25, 0.3) is 0 Å². The number of aliphatic imine (C=N–C) groups is 2. The Morgan fingerprint density at radius 1 is 1.40 bits per heavy atom. The van der Waals surface area contributed by atoms with Crippen LogP contribution in [0.5, 0.6) is 0 Å². The van der Waals surface area contributed by atoms with E-state index in [0.29, 0.717) is 17.4 Å². The second-order valence-electron chi connectivity index (χ2n) is 3.05. The van der Waals surface area contributed by atoms with E-state index in [4.69, 9.17) is 5.73 Å². The average Bonchev–Trinajstić information content (AvgIpc) is 2.26. The Morgan fingerprint density at radius 2 is 2.13 bits per heavy atom. The first-order valence-corrected chi connectivity index (χ1v) is 4.76. The predicted octanol–water partition coefficient (Wildman–Crippen LogP) is 0.793. The third-order valence-electron chi connectivity index (χ3n) is 1.79. The lowest BCUT2D eigenvalue weighted by molar-refractivity contribution is 0.992. The Kier molecular flexibility index (Phi) is 3.91. The van der Waals surface area contributed by atoms with Gasteiger partial charge >= 0.3 is 0 Å². The molecule has 0 aliphatic carbocycles. The average molecular weight is 205 g/mol. The zero-order valence-electron chi connectivity index (χ0n) is 9.23. The summed E-state index contributed by atoms with van der Waals surface area (Å²) < 4.78 is 0. The summed E-state index contributed by atoms with van der Waals surface area (Å²) in [6, 6.07) is 0. The van der Waals surface area contributed by atoms with Crippen molar-refractivity contribution in [1.82, 2.24) is 9.97 Å². The molecule has 1 aromatic rings. The summed E-state index contributed by atoms with van der Waals surface area (Å²) in [5.41, 5.74) is 7.07. The minimum atomic E-state index is 0.456. The van der Waals surface area contributed by atoms with Gasteiger partial charge in [0.15, 0.2) is 5.84 Å². The second kappa shape index (κ2) is 5.19. The molecule has 1 heterocycles. The molecule has 0 aromatic carbocycles. The number of aryl methyl sites for hydroxylation is 1. The number of aromatic nitrogens is 2. The molecule has 0 aliphatic heterocycles. The van der Waals surface area contributed by atoms with Crippen LogP contribution >= 0.6 is 0 Å². The Balaban J connectivity index is 2.99. The van der Waals surface area contributed by atoms with Crippen LogP contribution in [0.2, 0.25) is 0 Å². The maximum atomic E-state index is 5.48. The molecule has 0 atom stereocenters. The summed E-state index contributed by atoms with van der Waals surface area (Å²) >= 11 is 0. The zero-order chi connectivity index (χ0) is 11.3. The van der Waals surface area contributed by atoms with E-state index in [9.17, 15) is 0 Å². The van der Waals surface area contributed by atoms with E-state index in [1.807, 2.05) is 6.92 Å². The molecular weight excluding hydrogens is 190 g/mol. The van der Waals surface area contributed by atoms with Gasteiger partial charge in [0.2, 0.25) is 0 Å². The van der Waals surface area contributed by atoms with Crippen LogP contribution in [-0.4, -0.2) is 28.7 Å². The number of hydrogen-bond donors (Lipinski definition) is 1. The molecule has 0 unspecified atom stereocenters. The van der Waals surface area contributed by atoms with Crippen LogP contribution in [0.3, 0.4) is 0 Å². The van der Waals surface area contributed by atoms with Crippen LogP contribution in [0, 0.1) is 0 Å². The molecule has 0 spiro atoms. The lowest BCUT2D eigenvalue weighted by Crippen LogP contribution is -2.11. The topological polar surface area (TPSA) is 76.5 Å². The Hall–Kier alpha value is -1.78. The molecule has 1 rings (SSSR count). The standard InChI is InChI=1S/C10H15N5/c1-4-8-5-14-9(6-13-8)10(12-3)15-7(2)11/h5-6H,4H2,1-3H3,(H2,11,12,15). The Morgan fingerprint density at radius 3 is 2.53 bits per heavy atom. The van der Waals surface area contributed by atoms with Gasteiger partial charge in [-0.05, 0) is 13.3 Å². The molecule has 15 heavy (non-hydrogen) atoms. The smallest absolute Gasteiger partial charge is 0.176 e. The van der Waals surface area contributed by atoms with E-state index in [-0.39, 0.29) is 0 Å². The van der Waals surface area contributed by atoms with Gasteiger partial charge in [0.1, 0.15) is 5.69 Å². The molecule has 1 aromatic heterocycles. The molecule has 0 saturated carbocycles. The van der Waals surface area contributed by atoms with E-state index in [1.54, 1.807) is 26.4 Å². The van der Waals surface area contributed by atoms with Gasteiger partial charge in [0, 0.05) is 13.2 Å². The summed E-state index contributed by atoms with van der Waals surface area (Å²) in [5.74, 6) is 0.960. The normalized spacial score (nSPS) is 13.0.